The van der Waals surface area contributed by atoms with Crippen molar-refractivity contribution >= 4 is 15.5 Å². The van der Waals surface area contributed by atoms with Gasteiger partial charge in [0.25, 0.3) is 0 Å². The Kier molecular flexibility index (Phi) is 5.59. The van der Waals surface area contributed by atoms with Crippen molar-refractivity contribution in [2.75, 3.05) is 30.3 Å². The molecule has 0 aliphatic heterocycles. The third-order valence-corrected chi connectivity index (χ3v) is 5.24. The summed E-state index contributed by atoms with van der Waals surface area (Å²) in [5.41, 5.74) is 6.84. The van der Waals surface area contributed by atoms with E-state index in [2.05, 4.69) is 25.7 Å². The molecule has 4 nitrogen and oxygen atoms in total. The summed E-state index contributed by atoms with van der Waals surface area (Å²) in [6.07, 6.45) is 0. The van der Waals surface area contributed by atoms with Crippen LogP contribution in [0.2, 0.25) is 0 Å². The van der Waals surface area contributed by atoms with E-state index in [4.69, 9.17) is 5.73 Å². The first kappa shape index (κ1) is 17.0. The minimum Gasteiger partial charge on any atom is -0.371 e. The van der Waals surface area contributed by atoms with Gasteiger partial charge in [0.2, 0.25) is 0 Å². The molecule has 0 heterocycles. The second-order valence-electron chi connectivity index (χ2n) is 5.78. The summed E-state index contributed by atoms with van der Waals surface area (Å²) in [6.45, 7) is 10.3. The van der Waals surface area contributed by atoms with Crippen LogP contribution in [-0.4, -0.2) is 33.8 Å². The van der Waals surface area contributed by atoms with Gasteiger partial charge >= 0.3 is 0 Å². The van der Waals surface area contributed by atoms with Gasteiger partial charge in [-0.25, -0.2) is 8.42 Å². The zero-order valence-corrected chi connectivity index (χ0v) is 13.7. The second kappa shape index (κ2) is 6.59. The molecule has 0 aliphatic carbocycles. The van der Waals surface area contributed by atoms with E-state index in [0.717, 1.165) is 18.8 Å². The number of nitrogens with zero attached hydrogens (tertiary/aromatic N) is 1. The van der Waals surface area contributed by atoms with Crippen molar-refractivity contribution < 1.29 is 8.42 Å². The molecule has 0 bridgehead atoms. The van der Waals surface area contributed by atoms with Gasteiger partial charge < -0.3 is 10.6 Å². The molecule has 0 unspecified atom stereocenters. The van der Waals surface area contributed by atoms with Crippen molar-refractivity contribution in [2.45, 2.75) is 32.6 Å². The molecule has 1 aromatic rings. The fourth-order valence-electron chi connectivity index (χ4n) is 2.00. The fraction of sp³-hybridized carbons (Fsp3) is 0.600. The van der Waals surface area contributed by atoms with Crippen LogP contribution >= 0.6 is 0 Å². The maximum atomic E-state index is 11.8. The van der Waals surface area contributed by atoms with E-state index in [1.54, 1.807) is 19.1 Å². The molecule has 0 aromatic heterocycles. The van der Waals surface area contributed by atoms with Crippen LogP contribution in [0.15, 0.2) is 29.2 Å². The van der Waals surface area contributed by atoms with Crippen molar-refractivity contribution in [3.63, 3.8) is 0 Å². The van der Waals surface area contributed by atoms with Gasteiger partial charge in [0.1, 0.15) is 0 Å². The first-order valence-electron chi connectivity index (χ1n) is 7.03. The van der Waals surface area contributed by atoms with Gasteiger partial charge in [-0.2, -0.15) is 0 Å². The van der Waals surface area contributed by atoms with E-state index in [1.807, 2.05) is 12.1 Å². The Morgan fingerprint density at radius 2 is 1.70 bits per heavy atom. The summed E-state index contributed by atoms with van der Waals surface area (Å²) in [7, 11) is -3.13. The van der Waals surface area contributed by atoms with Crippen LogP contribution in [-0.2, 0) is 9.84 Å². The van der Waals surface area contributed by atoms with E-state index in [9.17, 15) is 8.42 Å². The molecular formula is C15H26N2O2S. The van der Waals surface area contributed by atoms with E-state index < -0.39 is 9.84 Å². The summed E-state index contributed by atoms with van der Waals surface area (Å²) in [6, 6.07) is 7.12. The highest BCUT2D eigenvalue weighted by molar-refractivity contribution is 7.91. The van der Waals surface area contributed by atoms with Crippen molar-refractivity contribution in [1.82, 2.24) is 0 Å². The molecule has 0 atom stereocenters. The van der Waals surface area contributed by atoms with Crippen LogP contribution in [0.5, 0.6) is 0 Å². The van der Waals surface area contributed by atoms with Crippen LogP contribution in [0.4, 0.5) is 5.69 Å². The smallest absolute Gasteiger partial charge is 0.178 e. The average Bonchev–Trinajstić information content (AvgIpc) is 2.45. The molecule has 0 saturated heterocycles. The lowest BCUT2D eigenvalue weighted by molar-refractivity contribution is 0.380. The Hall–Kier alpha value is -1.07. The normalized spacial score (nSPS) is 12.4. The minimum atomic E-state index is -3.13. The molecule has 5 heteroatoms. The number of benzene rings is 1. The highest BCUT2D eigenvalue weighted by Crippen LogP contribution is 2.23. The second-order valence-corrected chi connectivity index (χ2v) is 8.06. The van der Waals surface area contributed by atoms with E-state index in [1.165, 1.54) is 0 Å². The topological polar surface area (TPSA) is 63.4 Å². The number of hydrogen-bond donors (Lipinski definition) is 1. The number of hydrogen-bond acceptors (Lipinski definition) is 4. The number of rotatable bonds is 7. The zero-order chi connectivity index (χ0) is 15.4. The molecule has 0 saturated carbocycles. The quantitative estimate of drug-likeness (QED) is 0.839. The third-order valence-electron chi connectivity index (χ3n) is 3.49. The van der Waals surface area contributed by atoms with E-state index >= 15 is 0 Å². The summed E-state index contributed by atoms with van der Waals surface area (Å²) in [5.74, 6) is 0.129. The van der Waals surface area contributed by atoms with Crippen LogP contribution < -0.4 is 10.6 Å². The Morgan fingerprint density at radius 1 is 1.15 bits per heavy atom. The Bertz CT molecular complexity index is 521. The third kappa shape index (κ3) is 4.21. The minimum absolute atomic E-state index is 0.0319. The molecule has 0 radical (unpaired) electrons. The van der Waals surface area contributed by atoms with Gasteiger partial charge in [0.05, 0.1) is 10.6 Å². The molecule has 0 amide bonds. The zero-order valence-electron chi connectivity index (χ0n) is 12.9. The number of sulfone groups is 1. The first-order chi connectivity index (χ1) is 9.25. The van der Waals surface area contributed by atoms with Gasteiger partial charge in [-0.1, -0.05) is 20.8 Å². The molecule has 1 aromatic carbocycles. The summed E-state index contributed by atoms with van der Waals surface area (Å²) < 4.78 is 23.6. The lowest BCUT2D eigenvalue weighted by Crippen LogP contribution is -2.38. The molecule has 114 valence electrons. The lowest BCUT2D eigenvalue weighted by atomic mass is 9.93. The summed E-state index contributed by atoms with van der Waals surface area (Å²) in [4.78, 5) is 2.60. The van der Waals surface area contributed by atoms with Crippen molar-refractivity contribution in [2.24, 2.45) is 11.1 Å². The predicted molar refractivity (Wildman–Crippen MR) is 84.9 cm³/mol. The SMILES string of the molecule is CCN(CC(C)(C)CN)c1ccc(S(=O)(=O)CC)cc1. The standard InChI is InChI=1S/C15H26N2O2S/c1-5-17(12-15(3,4)11-16)13-7-9-14(10-8-13)20(18,19)6-2/h7-10H,5-6,11-12,16H2,1-4H3. The van der Waals surface area contributed by atoms with Crippen molar-refractivity contribution in [3.8, 4) is 0 Å². The fourth-order valence-corrected chi connectivity index (χ4v) is 2.88. The monoisotopic (exact) mass is 298 g/mol. The van der Waals surface area contributed by atoms with Gasteiger partial charge in [-0.05, 0) is 43.1 Å². The lowest BCUT2D eigenvalue weighted by Gasteiger charge is -2.32. The highest BCUT2D eigenvalue weighted by Gasteiger charge is 2.20. The predicted octanol–water partition coefficient (Wildman–Crippen LogP) is 2.29. The van der Waals surface area contributed by atoms with Gasteiger partial charge in [-0.3, -0.25) is 0 Å². The van der Waals surface area contributed by atoms with Crippen LogP contribution in [0.25, 0.3) is 0 Å². The Labute approximate surface area is 122 Å². The van der Waals surface area contributed by atoms with Gasteiger partial charge in [0, 0.05) is 18.8 Å². The first-order valence-corrected chi connectivity index (χ1v) is 8.69. The number of nitrogens with two attached hydrogens (primary N) is 1. The van der Waals surface area contributed by atoms with Crippen LogP contribution in [0.1, 0.15) is 27.7 Å². The largest absolute Gasteiger partial charge is 0.371 e. The maximum absolute atomic E-state index is 11.8. The Balaban J connectivity index is 2.96. The van der Waals surface area contributed by atoms with Crippen LogP contribution in [0, 0.1) is 5.41 Å². The van der Waals surface area contributed by atoms with Crippen LogP contribution in [0.3, 0.4) is 0 Å². The van der Waals surface area contributed by atoms with Gasteiger partial charge in [-0.15, -0.1) is 0 Å². The molecule has 0 spiro atoms. The summed E-state index contributed by atoms with van der Waals surface area (Å²) >= 11 is 0. The van der Waals surface area contributed by atoms with Crippen molar-refractivity contribution in [3.05, 3.63) is 24.3 Å². The maximum Gasteiger partial charge on any atom is 0.178 e. The number of anilines is 1. The molecule has 2 N–H and O–H groups in total. The highest BCUT2D eigenvalue weighted by atomic mass is 32.2. The molecular weight excluding hydrogens is 272 g/mol. The van der Waals surface area contributed by atoms with Crippen molar-refractivity contribution in [1.29, 1.82) is 0 Å². The molecule has 20 heavy (non-hydrogen) atoms. The van der Waals surface area contributed by atoms with E-state index in [0.29, 0.717) is 11.4 Å². The molecule has 1 rings (SSSR count). The Morgan fingerprint density at radius 3 is 2.10 bits per heavy atom. The molecule has 0 fully saturated rings. The molecule has 0 aliphatic rings. The van der Waals surface area contributed by atoms with Gasteiger partial charge in [0.15, 0.2) is 9.84 Å². The summed E-state index contributed by atoms with van der Waals surface area (Å²) in [5, 5.41) is 0. The van der Waals surface area contributed by atoms with E-state index in [-0.39, 0.29) is 11.2 Å². The average molecular weight is 298 g/mol.